The van der Waals surface area contributed by atoms with Crippen molar-refractivity contribution in [3.8, 4) is 11.1 Å². The van der Waals surface area contributed by atoms with Crippen molar-refractivity contribution in [1.82, 2.24) is 0 Å². The first-order valence-corrected chi connectivity index (χ1v) is 21.4. The monoisotopic (exact) mass is 803 g/mol. The van der Waals surface area contributed by atoms with Gasteiger partial charge in [0.25, 0.3) is 0 Å². The van der Waals surface area contributed by atoms with E-state index >= 15 is 0 Å². The van der Waals surface area contributed by atoms with Crippen LogP contribution >= 0.6 is 12.6 Å². The molecule has 0 saturated heterocycles. The fourth-order valence-electron chi connectivity index (χ4n) is 9.06. The minimum atomic E-state index is 0.112. The van der Waals surface area contributed by atoms with Crippen molar-refractivity contribution in [3.63, 3.8) is 0 Å². The van der Waals surface area contributed by atoms with Gasteiger partial charge in [-0.05, 0) is 105 Å². The molecule has 292 valence electrons. The second-order valence-electron chi connectivity index (χ2n) is 15.7. The molecule has 1 aliphatic rings. The smallest absolute Gasteiger partial charge is 0.143 e. The first-order valence-electron chi connectivity index (χ1n) is 20.9. The van der Waals surface area contributed by atoms with Crippen LogP contribution in [0, 0.1) is 0 Å². The number of nitrogens with zero attached hydrogens (tertiary/aromatic N) is 1. The van der Waals surface area contributed by atoms with Gasteiger partial charge in [0.05, 0.1) is 6.04 Å². The van der Waals surface area contributed by atoms with E-state index in [1.165, 1.54) is 32.9 Å². The number of rotatable bonds is 9. The Bertz CT molecular complexity index is 3380. The predicted octanol–water partition coefficient (Wildman–Crippen LogP) is 15.9. The van der Waals surface area contributed by atoms with Crippen LogP contribution in [0.5, 0.6) is 0 Å². The molecular weight excluding hydrogens is 763 g/mol. The van der Waals surface area contributed by atoms with Crippen molar-refractivity contribution in [1.29, 1.82) is 0 Å². The average molecular weight is 804 g/mol. The first-order chi connectivity index (χ1) is 30.2. The zero-order valence-corrected chi connectivity index (χ0v) is 34.3. The minimum absolute atomic E-state index is 0.112. The highest BCUT2D eigenvalue weighted by Crippen LogP contribution is 2.40. The summed E-state index contributed by atoms with van der Waals surface area (Å²) >= 11 is 4.67. The fourth-order valence-corrected chi connectivity index (χ4v) is 9.29. The highest BCUT2D eigenvalue weighted by Gasteiger charge is 2.22. The van der Waals surface area contributed by atoms with E-state index in [2.05, 4.69) is 200 Å². The number of allylic oxidation sites excluding steroid dienone is 5. The minimum Gasteiger partial charge on any atom is -0.456 e. The molecule has 1 unspecified atom stereocenters. The van der Waals surface area contributed by atoms with Gasteiger partial charge in [-0.2, -0.15) is 12.6 Å². The standard InChI is InChI=1S/C57H41NO2S/c61-37-44(15-8-11-38-23-33-48-43(35-38)28-34-55-56(48)52-18-5-7-22-54(52)59-55)41-26-31-46(32-27-41)58(45-29-24-40(25-30-45)39-12-2-1-3-13-39)47-16-9-14-42(36-47)49-19-10-20-51-50-17-4-6-21-53(50)60-57(49)51/h1-10,12-29,31-37,45,61H,11,30H2/b15-8-,44-37+. The second kappa shape index (κ2) is 15.7. The highest BCUT2D eigenvalue weighted by atomic mass is 32.1. The Morgan fingerprint density at radius 3 is 2.18 bits per heavy atom. The Kier molecular flexibility index (Phi) is 9.48. The Morgan fingerprint density at radius 1 is 0.607 bits per heavy atom. The zero-order valence-electron chi connectivity index (χ0n) is 33.4. The zero-order chi connectivity index (χ0) is 40.7. The van der Waals surface area contributed by atoms with E-state index in [-0.39, 0.29) is 6.04 Å². The molecule has 4 heteroatoms. The molecule has 2 heterocycles. The van der Waals surface area contributed by atoms with Crippen molar-refractivity contribution >= 4 is 89.8 Å². The topological polar surface area (TPSA) is 29.5 Å². The lowest BCUT2D eigenvalue weighted by Crippen LogP contribution is -2.30. The summed E-state index contributed by atoms with van der Waals surface area (Å²) in [5, 5.41) is 8.92. The van der Waals surface area contributed by atoms with E-state index in [1.807, 2.05) is 29.7 Å². The van der Waals surface area contributed by atoms with Gasteiger partial charge in [0.2, 0.25) is 0 Å². The normalized spacial score (nSPS) is 14.5. The highest BCUT2D eigenvalue weighted by molar-refractivity contribution is 7.83. The van der Waals surface area contributed by atoms with Crippen molar-refractivity contribution < 1.29 is 8.83 Å². The van der Waals surface area contributed by atoms with Crippen molar-refractivity contribution in [2.75, 3.05) is 4.90 Å². The van der Waals surface area contributed by atoms with Gasteiger partial charge < -0.3 is 13.7 Å². The summed E-state index contributed by atoms with van der Waals surface area (Å²) in [6, 6.07) is 62.5. The van der Waals surface area contributed by atoms with Crippen LogP contribution in [0.25, 0.3) is 76.9 Å². The van der Waals surface area contributed by atoms with E-state index in [1.54, 1.807) is 0 Å². The number of anilines is 2. The molecule has 11 rings (SSSR count). The summed E-state index contributed by atoms with van der Waals surface area (Å²) in [6.45, 7) is 0. The van der Waals surface area contributed by atoms with Crippen LogP contribution in [0.15, 0.2) is 221 Å². The lowest BCUT2D eigenvalue weighted by molar-refractivity contribution is 0.669. The average Bonchev–Trinajstić information content (AvgIpc) is 3.90. The van der Waals surface area contributed by atoms with Crippen LogP contribution in [-0.2, 0) is 6.42 Å². The molecular formula is C57H41NO2S. The van der Waals surface area contributed by atoms with E-state index in [4.69, 9.17) is 8.83 Å². The first kappa shape index (κ1) is 36.8. The molecule has 0 bridgehead atoms. The number of benzene rings is 8. The Balaban J connectivity index is 0.888. The lowest BCUT2D eigenvalue weighted by Gasteiger charge is -2.33. The van der Waals surface area contributed by atoms with E-state index < -0.39 is 0 Å². The number of hydrogen-bond acceptors (Lipinski definition) is 4. The van der Waals surface area contributed by atoms with Gasteiger partial charge in [0, 0.05) is 38.5 Å². The number of para-hydroxylation sites is 3. The predicted molar refractivity (Wildman–Crippen MR) is 261 cm³/mol. The molecule has 0 amide bonds. The van der Waals surface area contributed by atoms with Gasteiger partial charge in [0.15, 0.2) is 0 Å². The lowest BCUT2D eigenvalue weighted by atomic mass is 9.95. The maximum atomic E-state index is 6.48. The molecule has 0 N–H and O–H groups in total. The van der Waals surface area contributed by atoms with E-state index in [9.17, 15) is 0 Å². The van der Waals surface area contributed by atoms with Crippen molar-refractivity contribution in [2.45, 2.75) is 18.9 Å². The van der Waals surface area contributed by atoms with Crippen LogP contribution in [0.4, 0.5) is 11.4 Å². The van der Waals surface area contributed by atoms with Gasteiger partial charge in [-0.3, -0.25) is 0 Å². The molecule has 1 atom stereocenters. The van der Waals surface area contributed by atoms with Crippen LogP contribution in [0.2, 0.25) is 0 Å². The second-order valence-corrected chi connectivity index (χ2v) is 16.0. The summed E-state index contributed by atoms with van der Waals surface area (Å²) in [7, 11) is 0. The third-order valence-electron chi connectivity index (χ3n) is 12.0. The summed E-state index contributed by atoms with van der Waals surface area (Å²) in [5.74, 6) is 0. The Hall–Kier alpha value is -7.27. The number of fused-ring (bicyclic) bond motifs is 8. The Labute approximate surface area is 360 Å². The molecule has 3 nitrogen and oxygen atoms in total. The number of thiol groups is 1. The van der Waals surface area contributed by atoms with Crippen molar-refractivity contribution in [2.24, 2.45) is 0 Å². The quantitative estimate of drug-likeness (QED) is 0.116. The maximum absolute atomic E-state index is 6.48. The molecule has 2 aromatic heterocycles. The third kappa shape index (κ3) is 6.85. The summed E-state index contributed by atoms with van der Waals surface area (Å²) in [5.41, 5.74) is 14.0. The Morgan fingerprint density at radius 2 is 1.36 bits per heavy atom. The van der Waals surface area contributed by atoms with Crippen molar-refractivity contribution in [3.05, 3.63) is 228 Å². The van der Waals surface area contributed by atoms with Gasteiger partial charge in [-0.25, -0.2) is 0 Å². The molecule has 0 spiro atoms. The summed E-state index contributed by atoms with van der Waals surface area (Å²) < 4.78 is 12.6. The van der Waals surface area contributed by atoms with Crippen LogP contribution in [-0.4, -0.2) is 6.04 Å². The third-order valence-corrected chi connectivity index (χ3v) is 12.3. The van der Waals surface area contributed by atoms with Gasteiger partial charge in [-0.1, -0.05) is 164 Å². The molecule has 0 fully saturated rings. The number of furan rings is 2. The molecule has 61 heavy (non-hydrogen) atoms. The SMILES string of the molecule is S/C=C(\C=C/Cc1ccc2c(ccc3oc4ccccc4c32)c1)c1ccc(N(c2cccc(-c3cccc4c3oc3ccccc34)c2)C2C=CC(c3ccccc3)=CC2)cc1. The van der Waals surface area contributed by atoms with Gasteiger partial charge in [0.1, 0.15) is 22.3 Å². The van der Waals surface area contributed by atoms with E-state index in [0.29, 0.717) is 0 Å². The van der Waals surface area contributed by atoms with Crippen LogP contribution in [0.1, 0.15) is 23.1 Å². The maximum Gasteiger partial charge on any atom is 0.143 e. The molecule has 0 saturated carbocycles. The van der Waals surface area contributed by atoms with Crippen LogP contribution < -0.4 is 4.90 Å². The number of hydrogen-bond donors (Lipinski definition) is 1. The van der Waals surface area contributed by atoms with Gasteiger partial charge >= 0.3 is 0 Å². The summed E-state index contributed by atoms with van der Waals surface area (Å²) in [6.07, 6.45) is 13.1. The molecule has 10 aromatic rings. The van der Waals surface area contributed by atoms with Crippen LogP contribution in [0.3, 0.4) is 0 Å². The fraction of sp³-hybridized carbons (Fsp3) is 0.0526. The van der Waals surface area contributed by atoms with Gasteiger partial charge in [-0.15, -0.1) is 0 Å². The summed E-state index contributed by atoms with van der Waals surface area (Å²) in [4.78, 5) is 2.46. The van der Waals surface area contributed by atoms with E-state index in [0.717, 1.165) is 85.0 Å². The largest absolute Gasteiger partial charge is 0.456 e. The molecule has 0 aliphatic heterocycles. The molecule has 0 radical (unpaired) electrons. The molecule has 8 aromatic carbocycles. The molecule has 1 aliphatic carbocycles.